The molecule has 0 atom stereocenters. The third-order valence-corrected chi connectivity index (χ3v) is 1.97. The molecule has 0 saturated carbocycles. The number of aryl methyl sites for hydroxylation is 1. The number of hydrogen-bond acceptors (Lipinski definition) is 2. The molecule has 66 valence electrons. The van der Waals surface area contributed by atoms with Gasteiger partial charge in [-0.1, -0.05) is 6.07 Å². The van der Waals surface area contributed by atoms with Crippen molar-refractivity contribution in [3.63, 3.8) is 0 Å². The molecule has 1 aromatic heterocycles. The lowest BCUT2D eigenvalue weighted by Gasteiger charge is -2.01. The van der Waals surface area contributed by atoms with Gasteiger partial charge >= 0.3 is 0 Å². The standard InChI is InChI=1S/C10H8FNO/c1-6-10(13)5-7-8(11)3-2-4-9(7)12-6/h2-5,13H,1H3. The van der Waals surface area contributed by atoms with Crippen LogP contribution in [-0.2, 0) is 0 Å². The van der Waals surface area contributed by atoms with Gasteiger partial charge < -0.3 is 5.11 Å². The predicted octanol–water partition coefficient (Wildman–Crippen LogP) is 2.39. The van der Waals surface area contributed by atoms with E-state index in [2.05, 4.69) is 4.98 Å². The van der Waals surface area contributed by atoms with Crippen molar-refractivity contribution >= 4 is 10.9 Å². The molecule has 0 aliphatic carbocycles. The summed E-state index contributed by atoms with van der Waals surface area (Å²) in [5.74, 6) is -0.335. The number of rotatable bonds is 0. The summed E-state index contributed by atoms with van der Waals surface area (Å²) >= 11 is 0. The van der Waals surface area contributed by atoms with Gasteiger partial charge in [0.25, 0.3) is 0 Å². The van der Waals surface area contributed by atoms with E-state index in [-0.39, 0.29) is 11.6 Å². The molecule has 13 heavy (non-hydrogen) atoms. The highest BCUT2D eigenvalue weighted by atomic mass is 19.1. The molecule has 2 nitrogen and oxygen atoms in total. The van der Waals surface area contributed by atoms with Crippen LogP contribution in [0.4, 0.5) is 4.39 Å². The van der Waals surface area contributed by atoms with E-state index < -0.39 is 0 Å². The molecular formula is C10H8FNO. The molecule has 2 rings (SSSR count). The number of aromatic hydroxyl groups is 1. The second kappa shape index (κ2) is 2.69. The zero-order chi connectivity index (χ0) is 9.42. The van der Waals surface area contributed by atoms with Gasteiger partial charge in [0.2, 0.25) is 0 Å². The number of nitrogens with zero attached hydrogens (tertiary/aromatic N) is 1. The Bertz CT molecular complexity index is 468. The van der Waals surface area contributed by atoms with E-state index >= 15 is 0 Å². The fourth-order valence-corrected chi connectivity index (χ4v) is 1.25. The maximum Gasteiger partial charge on any atom is 0.137 e. The molecule has 0 saturated heterocycles. The van der Waals surface area contributed by atoms with Crippen molar-refractivity contribution in [2.24, 2.45) is 0 Å². The number of aromatic nitrogens is 1. The van der Waals surface area contributed by atoms with Gasteiger partial charge in [0, 0.05) is 5.39 Å². The Balaban J connectivity index is 2.89. The quantitative estimate of drug-likeness (QED) is 0.670. The summed E-state index contributed by atoms with van der Waals surface area (Å²) in [4.78, 5) is 4.05. The fraction of sp³-hybridized carbons (Fsp3) is 0.100. The van der Waals surface area contributed by atoms with E-state index in [1.54, 1.807) is 19.1 Å². The topological polar surface area (TPSA) is 33.1 Å². The number of pyridine rings is 1. The average Bonchev–Trinajstić information content (AvgIpc) is 2.09. The lowest BCUT2D eigenvalue weighted by molar-refractivity contribution is 0.468. The van der Waals surface area contributed by atoms with E-state index in [1.807, 2.05) is 0 Å². The first-order valence-electron chi connectivity index (χ1n) is 3.93. The zero-order valence-electron chi connectivity index (χ0n) is 7.08. The maximum absolute atomic E-state index is 13.1. The van der Waals surface area contributed by atoms with Crippen molar-refractivity contribution in [1.29, 1.82) is 0 Å². The highest BCUT2D eigenvalue weighted by Gasteiger charge is 2.04. The van der Waals surface area contributed by atoms with Crippen LogP contribution in [0.15, 0.2) is 24.3 Å². The first kappa shape index (κ1) is 7.98. The molecule has 1 N–H and O–H groups in total. The summed E-state index contributed by atoms with van der Waals surface area (Å²) < 4.78 is 13.1. The van der Waals surface area contributed by atoms with Crippen molar-refractivity contribution in [3.05, 3.63) is 35.8 Å². The Kier molecular flexibility index (Phi) is 1.65. The van der Waals surface area contributed by atoms with Gasteiger partial charge in [-0.05, 0) is 25.1 Å². The van der Waals surface area contributed by atoms with E-state index in [4.69, 9.17) is 0 Å². The minimum atomic E-state index is -0.361. The SMILES string of the molecule is Cc1nc2cccc(F)c2cc1O. The molecule has 0 amide bonds. The summed E-state index contributed by atoms with van der Waals surface area (Å²) in [6.07, 6.45) is 0. The number of benzene rings is 1. The molecular weight excluding hydrogens is 169 g/mol. The lowest BCUT2D eigenvalue weighted by atomic mass is 10.2. The monoisotopic (exact) mass is 177 g/mol. The van der Waals surface area contributed by atoms with Crippen LogP contribution < -0.4 is 0 Å². The van der Waals surface area contributed by atoms with Crippen molar-refractivity contribution < 1.29 is 9.50 Å². The smallest absolute Gasteiger partial charge is 0.137 e. The molecule has 2 aromatic rings. The van der Waals surface area contributed by atoms with Crippen LogP contribution in [0.25, 0.3) is 10.9 Å². The van der Waals surface area contributed by atoms with Crippen LogP contribution in [0.1, 0.15) is 5.69 Å². The summed E-state index contributed by atoms with van der Waals surface area (Å²) in [7, 11) is 0. The molecule has 1 aromatic carbocycles. The van der Waals surface area contributed by atoms with Crippen LogP contribution in [0.2, 0.25) is 0 Å². The van der Waals surface area contributed by atoms with Crippen molar-refractivity contribution in [1.82, 2.24) is 4.98 Å². The van der Waals surface area contributed by atoms with Crippen LogP contribution in [0.5, 0.6) is 5.75 Å². The second-order valence-electron chi connectivity index (χ2n) is 2.90. The van der Waals surface area contributed by atoms with Gasteiger partial charge in [-0.15, -0.1) is 0 Å². The van der Waals surface area contributed by atoms with Crippen LogP contribution in [0.3, 0.4) is 0 Å². The highest BCUT2D eigenvalue weighted by molar-refractivity contribution is 5.80. The Morgan fingerprint density at radius 1 is 1.38 bits per heavy atom. The molecule has 0 unspecified atom stereocenters. The molecule has 0 aliphatic heterocycles. The minimum absolute atomic E-state index is 0.0256. The first-order valence-corrected chi connectivity index (χ1v) is 3.93. The van der Waals surface area contributed by atoms with E-state index in [9.17, 15) is 9.50 Å². The summed E-state index contributed by atoms with van der Waals surface area (Å²) in [6, 6.07) is 6.05. The van der Waals surface area contributed by atoms with Crippen molar-refractivity contribution in [2.45, 2.75) is 6.92 Å². The molecule has 0 bridgehead atoms. The van der Waals surface area contributed by atoms with E-state index in [1.165, 1.54) is 12.1 Å². The lowest BCUT2D eigenvalue weighted by Crippen LogP contribution is -1.86. The van der Waals surface area contributed by atoms with Crippen molar-refractivity contribution in [3.8, 4) is 5.75 Å². The number of halogens is 1. The van der Waals surface area contributed by atoms with Gasteiger partial charge in [-0.2, -0.15) is 0 Å². The number of hydrogen-bond donors (Lipinski definition) is 1. The van der Waals surface area contributed by atoms with Crippen LogP contribution in [0, 0.1) is 12.7 Å². The third kappa shape index (κ3) is 1.22. The second-order valence-corrected chi connectivity index (χ2v) is 2.90. The molecule has 3 heteroatoms. The Labute approximate surface area is 74.7 Å². The van der Waals surface area contributed by atoms with Gasteiger partial charge in [0.05, 0.1) is 11.2 Å². The molecule has 1 heterocycles. The Morgan fingerprint density at radius 3 is 2.92 bits per heavy atom. The maximum atomic E-state index is 13.1. The molecule has 0 aliphatic rings. The normalized spacial score (nSPS) is 10.6. The number of fused-ring (bicyclic) bond motifs is 1. The molecule has 0 spiro atoms. The van der Waals surface area contributed by atoms with Crippen molar-refractivity contribution in [2.75, 3.05) is 0 Å². The summed E-state index contributed by atoms with van der Waals surface area (Å²) in [5.41, 5.74) is 1.08. The summed E-state index contributed by atoms with van der Waals surface area (Å²) in [5, 5.41) is 9.66. The largest absolute Gasteiger partial charge is 0.506 e. The minimum Gasteiger partial charge on any atom is -0.506 e. The predicted molar refractivity (Wildman–Crippen MR) is 48.1 cm³/mol. The first-order chi connectivity index (χ1) is 6.18. The van der Waals surface area contributed by atoms with E-state index in [0.29, 0.717) is 16.6 Å². The van der Waals surface area contributed by atoms with E-state index in [0.717, 1.165) is 0 Å². The third-order valence-electron chi connectivity index (χ3n) is 1.97. The Hall–Kier alpha value is -1.64. The van der Waals surface area contributed by atoms with Crippen LogP contribution in [-0.4, -0.2) is 10.1 Å². The zero-order valence-corrected chi connectivity index (χ0v) is 7.08. The molecule has 0 fully saturated rings. The van der Waals surface area contributed by atoms with Gasteiger partial charge in [0.1, 0.15) is 11.6 Å². The average molecular weight is 177 g/mol. The van der Waals surface area contributed by atoms with Crippen LogP contribution >= 0.6 is 0 Å². The van der Waals surface area contributed by atoms with Gasteiger partial charge in [-0.3, -0.25) is 0 Å². The highest BCUT2D eigenvalue weighted by Crippen LogP contribution is 2.22. The Morgan fingerprint density at radius 2 is 2.15 bits per heavy atom. The fourth-order valence-electron chi connectivity index (χ4n) is 1.25. The van der Waals surface area contributed by atoms with Gasteiger partial charge in [0.15, 0.2) is 0 Å². The molecule has 0 radical (unpaired) electrons. The summed E-state index contributed by atoms with van der Waals surface area (Å²) in [6.45, 7) is 1.68. The van der Waals surface area contributed by atoms with Gasteiger partial charge in [-0.25, -0.2) is 9.37 Å².